The average Bonchev–Trinajstić information content (AvgIpc) is 2.41. The molecule has 0 saturated heterocycles. The summed E-state index contributed by atoms with van der Waals surface area (Å²) in [5.41, 5.74) is 1.12. The van der Waals surface area contributed by atoms with E-state index in [-0.39, 0.29) is 6.04 Å². The van der Waals surface area contributed by atoms with Gasteiger partial charge in [0, 0.05) is 24.6 Å². The third-order valence-corrected chi connectivity index (χ3v) is 4.18. The zero-order valence-corrected chi connectivity index (χ0v) is 14.8. The molecule has 0 fully saturated rings. The van der Waals surface area contributed by atoms with Gasteiger partial charge in [0.05, 0.1) is 12.3 Å². The molecule has 118 valence electrons. The lowest BCUT2D eigenvalue weighted by atomic mass is 10.1. The highest BCUT2D eigenvalue weighted by atomic mass is 79.9. The quantitative estimate of drug-likeness (QED) is 0.396. The molecule has 3 N–H and O–H groups in total. The molecule has 0 bridgehead atoms. The molecular weight excluding hydrogens is 356 g/mol. The van der Waals surface area contributed by atoms with Crippen LogP contribution in [0.1, 0.15) is 18.5 Å². The highest BCUT2D eigenvalue weighted by Gasteiger charge is 2.10. The number of nitrogens with zero attached hydrogens (tertiary/aromatic N) is 1. The molecule has 0 aliphatic carbocycles. The molecule has 0 spiro atoms. The first kappa shape index (κ1) is 17.9. The number of sulfonamides is 1. The number of hydrogen-bond donors (Lipinski definition) is 3. The zero-order valence-electron chi connectivity index (χ0n) is 12.4. The Bertz CT molecular complexity index is 590. The number of benzene rings is 1. The lowest BCUT2D eigenvalue weighted by Gasteiger charge is -2.19. The van der Waals surface area contributed by atoms with E-state index in [2.05, 4.69) is 36.3 Å². The maximum absolute atomic E-state index is 11.0. The maximum Gasteiger partial charge on any atom is 0.208 e. The lowest BCUT2D eigenvalue weighted by molar-refractivity contribution is 0.586. The Kier molecular flexibility index (Phi) is 7.13. The molecule has 0 aliphatic rings. The molecule has 1 unspecified atom stereocenters. The fourth-order valence-electron chi connectivity index (χ4n) is 1.72. The fraction of sp³-hybridized carbons (Fsp3) is 0.462. The van der Waals surface area contributed by atoms with Gasteiger partial charge in [-0.1, -0.05) is 34.1 Å². The van der Waals surface area contributed by atoms with Crippen LogP contribution in [0.5, 0.6) is 0 Å². The van der Waals surface area contributed by atoms with E-state index >= 15 is 0 Å². The first-order valence-electron chi connectivity index (χ1n) is 6.49. The molecule has 0 aliphatic heterocycles. The summed E-state index contributed by atoms with van der Waals surface area (Å²) in [4.78, 5) is 4.12. The van der Waals surface area contributed by atoms with E-state index in [0.29, 0.717) is 19.0 Å². The second kappa shape index (κ2) is 8.35. The summed E-state index contributed by atoms with van der Waals surface area (Å²) in [6.07, 6.45) is 1.13. The number of nitrogens with one attached hydrogen (secondary N) is 3. The van der Waals surface area contributed by atoms with Crippen molar-refractivity contribution in [3.63, 3.8) is 0 Å². The van der Waals surface area contributed by atoms with E-state index < -0.39 is 10.0 Å². The average molecular weight is 377 g/mol. The van der Waals surface area contributed by atoms with E-state index in [1.54, 1.807) is 7.05 Å². The van der Waals surface area contributed by atoms with Crippen molar-refractivity contribution in [3.8, 4) is 0 Å². The number of halogens is 1. The van der Waals surface area contributed by atoms with Crippen LogP contribution < -0.4 is 15.4 Å². The normalized spacial score (nSPS) is 13.8. The molecule has 0 heterocycles. The van der Waals surface area contributed by atoms with Gasteiger partial charge in [0.25, 0.3) is 0 Å². The summed E-state index contributed by atoms with van der Waals surface area (Å²) >= 11 is 3.52. The minimum Gasteiger partial charge on any atom is -0.355 e. The summed E-state index contributed by atoms with van der Waals surface area (Å²) in [5, 5.41) is 6.31. The largest absolute Gasteiger partial charge is 0.355 e. The minimum atomic E-state index is -3.16. The van der Waals surface area contributed by atoms with Crippen molar-refractivity contribution in [2.24, 2.45) is 4.99 Å². The van der Waals surface area contributed by atoms with Crippen LogP contribution in [0.25, 0.3) is 0 Å². The molecule has 0 radical (unpaired) electrons. The van der Waals surface area contributed by atoms with Crippen LogP contribution in [0.4, 0.5) is 0 Å². The van der Waals surface area contributed by atoms with Crippen molar-refractivity contribution in [2.45, 2.75) is 13.0 Å². The first-order chi connectivity index (χ1) is 9.83. The Balaban J connectivity index is 2.49. The van der Waals surface area contributed by atoms with Gasteiger partial charge in [-0.2, -0.15) is 0 Å². The Hall–Kier alpha value is -1.12. The monoisotopic (exact) mass is 376 g/mol. The van der Waals surface area contributed by atoms with Crippen molar-refractivity contribution < 1.29 is 8.42 Å². The van der Waals surface area contributed by atoms with Crippen LogP contribution in [0.2, 0.25) is 0 Å². The Morgan fingerprint density at radius 3 is 2.57 bits per heavy atom. The SMILES string of the molecule is CN=C(NCCNS(C)(=O)=O)NC(C)c1ccccc1Br. The van der Waals surface area contributed by atoms with Crippen molar-refractivity contribution in [3.05, 3.63) is 34.3 Å². The highest BCUT2D eigenvalue weighted by molar-refractivity contribution is 9.10. The van der Waals surface area contributed by atoms with E-state index in [1.807, 2.05) is 31.2 Å². The van der Waals surface area contributed by atoms with Crippen LogP contribution in [0.3, 0.4) is 0 Å². The molecule has 6 nitrogen and oxygen atoms in total. The molecule has 21 heavy (non-hydrogen) atoms. The van der Waals surface area contributed by atoms with Gasteiger partial charge < -0.3 is 10.6 Å². The third-order valence-electron chi connectivity index (χ3n) is 2.73. The predicted molar refractivity (Wildman–Crippen MR) is 89.9 cm³/mol. The fourth-order valence-corrected chi connectivity index (χ4v) is 2.82. The highest BCUT2D eigenvalue weighted by Crippen LogP contribution is 2.22. The van der Waals surface area contributed by atoms with Crippen LogP contribution in [0.15, 0.2) is 33.7 Å². The molecule has 0 amide bonds. The Labute approximate surface area is 134 Å². The van der Waals surface area contributed by atoms with E-state index in [0.717, 1.165) is 16.3 Å². The molecule has 1 rings (SSSR count). The summed E-state index contributed by atoms with van der Waals surface area (Å²) in [6, 6.07) is 8.02. The molecule has 0 aromatic heterocycles. The summed E-state index contributed by atoms with van der Waals surface area (Å²) < 4.78 is 25.4. The maximum atomic E-state index is 11.0. The minimum absolute atomic E-state index is 0.0645. The Morgan fingerprint density at radius 2 is 2.00 bits per heavy atom. The van der Waals surface area contributed by atoms with Crippen LogP contribution in [-0.2, 0) is 10.0 Å². The van der Waals surface area contributed by atoms with Gasteiger partial charge in [-0.3, -0.25) is 4.99 Å². The number of hydrogen-bond acceptors (Lipinski definition) is 3. The smallest absolute Gasteiger partial charge is 0.208 e. The number of guanidine groups is 1. The van der Waals surface area contributed by atoms with Crippen molar-refractivity contribution in [2.75, 3.05) is 26.4 Å². The van der Waals surface area contributed by atoms with Gasteiger partial charge in [-0.25, -0.2) is 13.1 Å². The van der Waals surface area contributed by atoms with Crippen molar-refractivity contribution in [1.29, 1.82) is 0 Å². The third kappa shape index (κ3) is 6.92. The van der Waals surface area contributed by atoms with Gasteiger partial charge in [0.1, 0.15) is 0 Å². The van der Waals surface area contributed by atoms with Gasteiger partial charge in [-0.15, -0.1) is 0 Å². The summed E-state index contributed by atoms with van der Waals surface area (Å²) in [7, 11) is -1.48. The lowest BCUT2D eigenvalue weighted by Crippen LogP contribution is -2.42. The summed E-state index contributed by atoms with van der Waals surface area (Å²) in [5.74, 6) is 0.619. The second-order valence-corrected chi connectivity index (χ2v) is 7.24. The number of rotatable bonds is 6. The van der Waals surface area contributed by atoms with E-state index in [4.69, 9.17) is 0 Å². The second-order valence-electron chi connectivity index (χ2n) is 4.55. The summed E-state index contributed by atoms with van der Waals surface area (Å²) in [6.45, 7) is 2.79. The predicted octanol–water partition coefficient (Wildman–Crippen LogP) is 1.22. The van der Waals surface area contributed by atoms with E-state index in [1.165, 1.54) is 0 Å². The van der Waals surface area contributed by atoms with Gasteiger partial charge >= 0.3 is 0 Å². The van der Waals surface area contributed by atoms with Gasteiger partial charge in [0.2, 0.25) is 10.0 Å². The molecule has 1 atom stereocenters. The van der Waals surface area contributed by atoms with E-state index in [9.17, 15) is 8.42 Å². The first-order valence-corrected chi connectivity index (χ1v) is 9.18. The molecule has 8 heteroatoms. The van der Waals surface area contributed by atoms with Crippen molar-refractivity contribution in [1.82, 2.24) is 15.4 Å². The zero-order chi connectivity index (χ0) is 15.9. The number of aliphatic imine (C=N–C) groups is 1. The van der Waals surface area contributed by atoms with Crippen molar-refractivity contribution >= 4 is 31.9 Å². The van der Waals surface area contributed by atoms with Gasteiger partial charge in [-0.05, 0) is 18.6 Å². The van der Waals surface area contributed by atoms with Gasteiger partial charge in [0.15, 0.2) is 5.96 Å². The van der Waals surface area contributed by atoms with Crippen LogP contribution in [0, 0.1) is 0 Å². The topological polar surface area (TPSA) is 82.6 Å². The molecular formula is C13H21BrN4O2S. The molecule has 1 aromatic rings. The Morgan fingerprint density at radius 1 is 1.33 bits per heavy atom. The molecule has 1 aromatic carbocycles. The van der Waals surface area contributed by atoms with Crippen LogP contribution >= 0.6 is 15.9 Å². The standard InChI is InChI=1S/C13H21BrN4O2S/c1-10(11-6-4-5-7-12(11)14)18-13(15-2)16-8-9-17-21(3,19)20/h4-7,10,17H,8-9H2,1-3H3,(H2,15,16,18). The molecule has 0 saturated carbocycles. The van der Waals surface area contributed by atoms with Crippen LogP contribution in [-0.4, -0.2) is 40.8 Å².